The Morgan fingerprint density at radius 1 is 1.03 bits per heavy atom. The van der Waals surface area contributed by atoms with Crippen molar-refractivity contribution < 1.29 is 13.9 Å². The molecule has 2 aromatic carbocycles. The maximum atomic E-state index is 12.3. The molecule has 4 rings (SSSR count). The first-order valence-corrected chi connectivity index (χ1v) is 8.98. The summed E-state index contributed by atoms with van der Waals surface area (Å²) in [4.78, 5) is 20.3. The van der Waals surface area contributed by atoms with Gasteiger partial charge in [0.1, 0.15) is 5.75 Å². The predicted molar refractivity (Wildman–Crippen MR) is 105 cm³/mol. The number of benzene rings is 2. The standard InChI is InChI=1S/C21H17N5O3/c27-18(9-10-19-25-26-21(29-19)15-5-2-1-3-6-15)24-16-7-4-8-17(13-16)28-20-14-22-11-12-23-20/h1-8,11-14H,9-10H2,(H,24,27). The topological polar surface area (TPSA) is 103 Å². The zero-order valence-electron chi connectivity index (χ0n) is 15.4. The molecule has 0 aliphatic rings. The van der Waals surface area contributed by atoms with Crippen LogP contribution in [0, 0.1) is 0 Å². The molecule has 0 aliphatic carbocycles. The minimum Gasteiger partial charge on any atom is -0.437 e. The smallest absolute Gasteiger partial charge is 0.247 e. The van der Waals surface area contributed by atoms with Gasteiger partial charge in [0, 0.05) is 42.6 Å². The number of aryl methyl sites for hydroxylation is 1. The molecule has 0 radical (unpaired) electrons. The number of nitrogens with zero attached hydrogens (tertiary/aromatic N) is 4. The number of rotatable bonds is 7. The second-order valence-electron chi connectivity index (χ2n) is 6.09. The van der Waals surface area contributed by atoms with Gasteiger partial charge in [0.15, 0.2) is 0 Å². The highest BCUT2D eigenvalue weighted by molar-refractivity contribution is 5.90. The highest BCUT2D eigenvalue weighted by Crippen LogP contribution is 2.22. The summed E-state index contributed by atoms with van der Waals surface area (Å²) in [5.74, 6) is 1.61. The third kappa shape index (κ3) is 5.01. The second kappa shape index (κ2) is 8.75. The van der Waals surface area contributed by atoms with Crippen LogP contribution in [0.4, 0.5) is 5.69 Å². The molecule has 0 saturated carbocycles. The fourth-order valence-corrected chi connectivity index (χ4v) is 2.59. The van der Waals surface area contributed by atoms with Gasteiger partial charge in [0.25, 0.3) is 0 Å². The number of aromatic nitrogens is 4. The zero-order valence-corrected chi connectivity index (χ0v) is 15.4. The lowest BCUT2D eigenvalue weighted by atomic mass is 10.2. The van der Waals surface area contributed by atoms with Crippen LogP contribution in [0.1, 0.15) is 12.3 Å². The number of carbonyl (C=O) groups excluding carboxylic acids is 1. The van der Waals surface area contributed by atoms with Gasteiger partial charge in [-0.25, -0.2) is 4.98 Å². The Balaban J connectivity index is 1.32. The van der Waals surface area contributed by atoms with Gasteiger partial charge >= 0.3 is 0 Å². The molecule has 0 spiro atoms. The van der Waals surface area contributed by atoms with Crippen molar-refractivity contribution in [2.24, 2.45) is 0 Å². The largest absolute Gasteiger partial charge is 0.437 e. The molecule has 4 aromatic rings. The summed E-state index contributed by atoms with van der Waals surface area (Å²) >= 11 is 0. The number of hydrogen-bond donors (Lipinski definition) is 1. The van der Waals surface area contributed by atoms with Crippen LogP contribution in [0.2, 0.25) is 0 Å². The van der Waals surface area contributed by atoms with Crippen molar-refractivity contribution in [3.63, 3.8) is 0 Å². The molecule has 144 valence electrons. The number of carbonyl (C=O) groups is 1. The highest BCUT2D eigenvalue weighted by atomic mass is 16.5. The van der Waals surface area contributed by atoms with Crippen LogP contribution >= 0.6 is 0 Å². The van der Waals surface area contributed by atoms with Gasteiger partial charge in [-0.1, -0.05) is 24.3 Å². The monoisotopic (exact) mass is 387 g/mol. The molecule has 0 bridgehead atoms. The minimum atomic E-state index is -0.166. The lowest BCUT2D eigenvalue weighted by molar-refractivity contribution is -0.116. The van der Waals surface area contributed by atoms with E-state index in [4.69, 9.17) is 9.15 Å². The van der Waals surface area contributed by atoms with Gasteiger partial charge in [0.2, 0.25) is 23.6 Å². The van der Waals surface area contributed by atoms with E-state index >= 15 is 0 Å². The summed E-state index contributed by atoms with van der Waals surface area (Å²) in [6.45, 7) is 0. The summed E-state index contributed by atoms with van der Waals surface area (Å²) in [7, 11) is 0. The summed E-state index contributed by atoms with van der Waals surface area (Å²) in [6, 6.07) is 16.5. The van der Waals surface area contributed by atoms with Crippen molar-refractivity contribution in [2.75, 3.05) is 5.32 Å². The average Bonchev–Trinajstić information content (AvgIpc) is 3.23. The van der Waals surface area contributed by atoms with Crippen LogP contribution in [-0.4, -0.2) is 26.1 Å². The highest BCUT2D eigenvalue weighted by Gasteiger charge is 2.11. The van der Waals surface area contributed by atoms with Crippen molar-refractivity contribution in [2.45, 2.75) is 12.8 Å². The first-order valence-electron chi connectivity index (χ1n) is 8.98. The van der Waals surface area contributed by atoms with E-state index in [9.17, 15) is 4.79 Å². The molecule has 0 fully saturated rings. The first-order chi connectivity index (χ1) is 14.3. The number of anilines is 1. The number of amides is 1. The Morgan fingerprint density at radius 3 is 2.76 bits per heavy atom. The molecular weight excluding hydrogens is 370 g/mol. The van der Waals surface area contributed by atoms with E-state index in [2.05, 4.69) is 25.5 Å². The van der Waals surface area contributed by atoms with Crippen molar-refractivity contribution in [3.8, 4) is 23.1 Å². The van der Waals surface area contributed by atoms with Crippen LogP contribution in [-0.2, 0) is 11.2 Å². The molecule has 8 nitrogen and oxygen atoms in total. The van der Waals surface area contributed by atoms with Crippen molar-refractivity contribution in [1.29, 1.82) is 0 Å². The number of hydrogen-bond acceptors (Lipinski definition) is 7. The quantitative estimate of drug-likeness (QED) is 0.513. The molecule has 0 aliphatic heterocycles. The van der Waals surface area contributed by atoms with Gasteiger partial charge in [-0.2, -0.15) is 0 Å². The molecule has 1 amide bonds. The molecule has 8 heteroatoms. The first kappa shape index (κ1) is 18.3. The van der Waals surface area contributed by atoms with Crippen LogP contribution in [0.5, 0.6) is 11.6 Å². The third-order valence-electron chi connectivity index (χ3n) is 3.93. The van der Waals surface area contributed by atoms with Crippen LogP contribution in [0.15, 0.2) is 77.6 Å². The van der Waals surface area contributed by atoms with E-state index in [0.717, 1.165) is 5.56 Å². The molecule has 2 heterocycles. The Bertz CT molecular complexity index is 1080. The Hall–Kier alpha value is -4.07. The summed E-state index contributed by atoms with van der Waals surface area (Å²) < 4.78 is 11.2. The Morgan fingerprint density at radius 2 is 1.93 bits per heavy atom. The molecule has 1 N–H and O–H groups in total. The molecule has 29 heavy (non-hydrogen) atoms. The Labute approximate surface area is 166 Å². The third-order valence-corrected chi connectivity index (χ3v) is 3.93. The summed E-state index contributed by atoms with van der Waals surface area (Å²) in [5.41, 5.74) is 1.46. The van der Waals surface area contributed by atoms with Crippen LogP contribution < -0.4 is 10.1 Å². The van der Waals surface area contributed by atoms with Gasteiger partial charge in [-0.15, -0.1) is 10.2 Å². The minimum absolute atomic E-state index is 0.166. The van der Waals surface area contributed by atoms with E-state index < -0.39 is 0 Å². The van der Waals surface area contributed by atoms with E-state index in [1.54, 1.807) is 36.7 Å². The van der Waals surface area contributed by atoms with Gasteiger partial charge in [-0.05, 0) is 24.3 Å². The van der Waals surface area contributed by atoms with Crippen molar-refractivity contribution >= 4 is 11.6 Å². The number of ether oxygens (including phenoxy) is 1. The summed E-state index contributed by atoms with van der Waals surface area (Å²) in [6.07, 6.45) is 5.18. The summed E-state index contributed by atoms with van der Waals surface area (Å²) in [5, 5.41) is 10.9. The van der Waals surface area contributed by atoms with E-state index in [1.165, 1.54) is 6.20 Å². The second-order valence-corrected chi connectivity index (χ2v) is 6.09. The fourth-order valence-electron chi connectivity index (χ4n) is 2.59. The lowest BCUT2D eigenvalue weighted by Crippen LogP contribution is -2.12. The van der Waals surface area contributed by atoms with E-state index in [-0.39, 0.29) is 12.3 Å². The van der Waals surface area contributed by atoms with Crippen molar-refractivity contribution in [1.82, 2.24) is 20.2 Å². The van der Waals surface area contributed by atoms with Crippen molar-refractivity contribution in [3.05, 3.63) is 79.1 Å². The molecule has 0 unspecified atom stereocenters. The van der Waals surface area contributed by atoms with Crippen LogP contribution in [0.3, 0.4) is 0 Å². The maximum absolute atomic E-state index is 12.3. The van der Waals surface area contributed by atoms with E-state index in [0.29, 0.717) is 35.5 Å². The maximum Gasteiger partial charge on any atom is 0.247 e. The van der Waals surface area contributed by atoms with Gasteiger partial charge in [0.05, 0.1) is 6.20 Å². The molecule has 2 aromatic heterocycles. The van der Waals surface area contributed by atoms with Crippen LogP contribution in [0.25, 0.3) is 11.5 Å². The predicted octanol–water partition coefficient (Wildman–Crippen LogP) is 3.89. The normalized spacial score (nSPS) is 10.5. The Kier molecular flexibility index (Phi) is 5.52. The van der Waals surface area contributed by atoms with Gasteiger partial charge in [-0.3, -0.25) is 9.78 Å². The fraction of sp³-hybridized carbons (Fsp3) is 0.0952. The average molecular weight is 387 g/mol. The number of nitrogens with one attached hydrogen (secondary N) is 1. The molecule has 0 saturated heterocycles. The van der Waals surface area contributed by atoms with Gasteiger partial charge < -0.3 is 14.5 Å². The molecular formula is C21H17N5O3. The molecule has 0 atom stereocenters. The lowest BCUT2D eigenvalue weighted by Gasteiger charge is -2.07. The SMILES string of the molecule is O=C(CCc1nnc(-c2ccccc2)o1)Nc1cccc(Oc2cnccn2)c1. The zero-order chi connectivity index (χ0) is 19.9. The van der Waals surface area contributed by atoms with E-state index in [1.807, 2.05) is 30.3 Å².